The molecule has 0 aromatic heterocycles. The molecular formula is C11H12O3S. The standard InChI is InChI=1S/C11H12O3S/c1-2-3-4-5-10-6-8-11(9-7-10)15(12,13)14/h6-9H,2,5H2,1H3,(H,12,13,14). The van der Waals surface area contributed by atoms with Crippen LogP contribution >= 0.6 is 0 Å². The van der Waals surface area contributed by atoms with Gasteiger partial charge in [0.05, 0.1) is 4.90 Å². The lowest BCUT2D eigenvalue weighted by molar-refractivity contribution is 0.483. The van der Waals surface area contributed by atoms with Crippen LogP contribution in [0.5, 0.6) is 0 Å². The Bertz CT molecular complexity index is 475. The normalized spacial score (nSPS) is 10.5. The maximum Gasteiger partial charge on any atom is 0.294 e. The Hall–Kier alpha value is -1.31. The van der Waals surface area contributed by atoms with E-state index in [-0.39, 0.29) is 4.90 Å². The molecule has 0 aliphatic rings. The molecule has 0 amide bonds. The molecule has 15 heavy (non-hydrogen) atoms. The summed E-state index contributed by atoms with van der Waals surface area (Å²) in [5, 5.41) is 0. The van der Waals surface area contributed by atoms with Gasteiger partial charge in [-0.05, 0) is 17.7 Å². The van der Waals surface area contributed by atoms with Gasteiger partial charge in [0.25, 0.3) is 10.1 Å². The van der Waals surface area contributed by atoms with Crippen LogP contribution < -0.4 is 0 Å². The smallest absolute Gasteiger partial charge is 0.282 e. The van der Waals surface area contributed by atoms with Gasteiger partial charge in [0.2, 0.25) is 0 Å². The summed E-state index contributed by atoms with van der Waals surface area (Å²) in [6, 6.07) is 6.04. The summed E-state index contributed by atoms with van der Waals surface area (Å²) in [5.41, 5.74) is 0.934. The van der Waals surface area contributed by atoms with Gasteiger partial charge in [-0.3, -0.25) is 4.55 Å². The Morgan fingerprint density at radius 2 is 1.80 bits per heavy atom. The molecule has 0 unspecified atom stereocenters. The second kappa shape index (κ2) is 4.96. The fourth-order valence-corrected chi connectivity index (χ4v) is 1.55. The van der Waals surface area contributed by atoms with Gasteiger partial charge in [0.15, 0.2) is 0 Å². The van der Waals surface area contributed by atoms with Crippen LogP contribution in [0.15, 0.2) is 29.2 Å². The van der Waals surface area contributed by atoms with Crippen LogP contribution in [0.4, 0.5) is 0 Å². The molecule has 3 nitrogen and oxygen atoms in total. The highest BCUT2D eigenvalue weighted by atomic mass is 32.2. The molecule has 1 rings (SSSR count). The van der Waals surface area contributed by atoms with E-state index in [0.29, 0.717) is 6.42 Å². The average Bonchev–Trinajstić information content (AvgIpc) is 2.18. The largest absolute Gasteiger partial charge is 0.294 e. The lowest BCUT2D eigenvalue weighted by atomic mass is 10.1. The van der Waals surface area contributed by atoms with Gasteiger partial charge in [-0.1, -0.05) is 25.0 Å². The first-order chi connectivity index (χ1) is 7.04. The first kappa shape index (κ1) is 11.8. The van der Waals surface area contributed by atoms with Gasteiger partial charge in [0, 0.05) is 12.8 Å². The van der Waals surface area contributed by atoms with Crippen molar-refractivity contribution in [2.45, 2.75) is 24.7 Å². The van der Waals surface area contributed by atoms with Crippen LogP contribution in [0.1, 0.15) is 18.9 Å². The number of hydrogen-bond acceptors (Lipinski definition) is 2. The van der Waals surface area contributed by atoms with Crippen LogP contribution in [0.2, 0.25) is 0 Å². The Balaban J connectivity index is 2.82. The first-order valence-electron chi connectivity index (χ1n) is 4.56. The lowest BCUT2D eigenvalue weighted by Crippen LogP contribution is -1.97. The second-order valence-electron chi connectivity index (χ2n) is 3.00. The molecule has 4 heteroatoms. The van der Waals surface area contributed by atoms with Crippen molar-refractivity contribution in [1.82, 2.24) is 0 Å². The molecule has 1 aromatic carbocycles. The van der Waals surface area contributed by atoms with Crippen molar-refractivity contribution in [3.63, 3.8) is 0 Å². The number of rotatable bonds is 2. The molecule has 0 saturated heterocycles. The SMILES string of the molecule is CCC#CCc1ccc(S(=O)(=O)O)cc1. The summed E-state index contributed by atoms with van der Waals surface area (Å²) < 4.78 is 30.2. The van der Waals surface area contributed by atoms with E-state index in [4.69, 9.17) is 4.55 Å². The van der Waals surface area contributed by atoms with Gasteiger partial charge in [-0.15, -0.1) is 5.92 Å². The Labute approximate surface area is 89.9 Å². The van der Waals surface area contributed by atoms with Crippen LogP contribution in [-0.2, 0) is 16.5 Å². The highest BCUT2D eigenvalue weighted by molar-refractivity contribution is 7.85. The molecule has 0 saturated carbocycles. The molecule has 80 valence electrons. The van der Waals surface area contributed by atoms with E-state index in [2.05, 4.69) is 11.8 Å². The minimum Gasteiger partial charge on any atom is -0.282 e. The minimum absolute atomic E-state index is 0.0882. The zero-order valence-electron chi connectivity index (χ0n) is 8.40. The van der Waals surface area contributed by atoms with Crippen molar-refractivity contribution >= 4 is 10.1 Å². The van der Waals surface area contributed by atoms with Crippen molar-refractivity contribution in [1.29, 1.82) is 0 Å². The molecule has 0 bridgehead atoms. The average molecular weight is 224 g/mol. The van der Waals surface area contributed by atoms with E-state index >= 15 is 0 Å². The zero-order valence-corrected chi connectivity index (χ0v) is 9.21. The summed E-state index contributed by atoms with van der Waals surface area (Å²) in [4.78, 5) is -0.0882. The molecule has 0 atom stereocenters. The third-order valence-corrected chi connectivity index (χ3v) is 2.68. The molecule has 0 aliphatic heterocycles. The van der Waals surface area contributed by atoms with E-state index in [1.165, 1.54) is 12.1 Å². The number of benzene rings is 1. The van der Waals surface area contributed by atoms with Gasteiger partial charge < -0.3 is 0 Å². The summed E-state index contributed by atoms with van der Waals surface area (Å²) in [6.07, 6.45) is 1.41. The fraction of sp³-hybridized carbons (Fsp3) is 0.273. The third kappa shape index (κ3) is 3.74. The molecule has 0 heterocycles. The van der Waals surface area contributed by atoms with Crippen LogP contribution in [-0.4, -0.2) is 13.0 Å². The highest BCUT2D eigenvalue weighted by Crippen LogP contribution is 2.10. The van der Waals surface area contributed by atoms with Crippen molar-refractivity contribution in [2.75, 3.05) is 0 Å². The summed E-state index contributed by atoms with van der Waals surface area (Å²) in [5.74, 6) is 5.87. The van der Waals surface area contributed by atoms with Crippen LogP contribution in [0.25, 0.3) is 0 Å². The van der Waals surface area contributed by atoms with E-state index < -0.39 is 10.1 Å². The van der Waals surface area contributed by atoms with Gasteiger partial charge in [0.1, 0.15) is 0 Å². The predicted molar refractivity (Wildman–Crippen MR) is 58.0 cm³/mol. The maximum atomic E-state index is 10.7. The van der Waals surface area contributed by atoms with E-state index in [1.54, 1.807) is 12.1 Å². The van der Waals surface area contributed by atoms with Crippen LogP contribution in [0, 0.1) is 11.8 Å². The van der Waals surface area contributed by atoms with Crippen molar-refractivity contribution in [3.8, 4) is 11.8 Å². The van der Waals surface area contributed by atoms with Gasteiger partial charge in [-0.2, -0.15) is 8.42 Å². The molecular weight excluding hydrogens is 212 g/mol. The van der Waals surface area contributed by atoms with E-state index in [1.807, 2.05) is 6.92 Å². The van der Waals surface area contributed by atoms with Crippen molar-refractivity contribution < 1.29 is 13.0 Å². The predicted octanol–water partition coefficient (Wildman–Crippen LogP) is 1.89. The quantitative estimate of drug-likeness (QED) is 0.616. The monoisotopic (exact) mass is 224 g/mol. The fourth-order valence-electron chi connectivity index (χ4n) is 1.07. The summed E-state index contributed by atoms with van der Waals surface area (Å²) in [7, 11) is -4.08. The number of hydrogen-bond donors (Lipinski definition) is 1. The Morgan fingerprint density at radius 3 is 2.27 bits per heavy atom. The van der Waals surface area contributed by atoms with Crippen molar-refractivity contribution in [2.24, 2.45) is 0 Å². The van der Waals surface area contributed by atoms with Gasteiger partial charge >= 0.3 is 0 Å². The van der Waals surface area contributed by atoms with Crippen molar-refractivity contribution in [3.05, 3.63) is 29.8 Å². The topological polar surface area (TPSA) is 54.4 Å². The summed E-state index contributed by atoms with van der Waals surface area (Å²) >= 11 is 0. The van der Waals surface area contributed by atoms with Crippen LogP contribution in [0.3, 0.4) is 0 Å². The summed E-state index contributed by atoms with van der Waals surface area (Å²) in [6.45, 7) is 1.97. The third-order valence-electron chi connectivity index (χ3n) is 1.82. The van der Waals surface area contributed by atoms with E-state index in [9.17, 15) is 8.42 Å². The molecule has 0 fully saturated rings. The molecule has 0 aliphatic carbocycles. The maximum absolute atomic E-state index is 10.7. The zero-order chi connectivity index (χ0) is 11.3. The minimum atomic E-state index is -4.08. The molecule has 0 radical (unpaired) electrons. The highest BCUT2D eigenvalue weighted by Gasteiger charge is 2.07. The first-order valence-corrected chi connectivity index (χ1v) is 6.00. The van der Waals surface area contributed by atoms with E-state index in [0.717, 1.165) is 12.0 Å². The second-order valence-corrected chi connectivity index (χ2v) is 4.42. The van der Waals surface area contributed by atoms with Gasteiger partial charge in [-0.25, -0.2) is 0 Å². The molecule has 1 N–H and O–H groups in total. The molecule has 1 aromatic rings. The Kier molecular flexibility index (Phi) is 3.89. The lowest BCUT2D eigenvalue weighted by Gasteiger charge is -1.98. The Morgan fingerprint density at radius 1 is 1.20 bits per heavy atom. The molecule has 0 spiro atoms.